The number of phosphoric acid groups is 1. The highest BCUT2D eigenvalue weighted by atomic mass is 31.2. The van der Waals surface area contributed by atoms with Crippen LogP contribution in [-0.4, -0.2) is 119 Å². The van der Waals surface area contributed by atoms with Gasteiger partial charge in [-0.1, -0.05) is 209 Å². The molecule has 2 N–H and O–H groups in total. The molecule has 462 valence electrons. The number of aliphatic hydroxyl groups is 1. The van der Waals surface area contributed by atoms with Crippen molar-refractivity contribution in [2.75, 3.05) is 46.7 Å². The van der Waals surface area contributed by atoms with Gasteiger partial charge in [-0.2, -0.15) is 5.26 Å². The number of nitriles is 1. The van der Waals surface area contributed by atoms with Gasteiger partial charge in [-0.05, 0) is 39.8 Å². The second-order valence-electron chi connectivity index (χ2n) is 20.9. The number of carbonyl (C=O) groups excluding carboxylic acids is 1. The van der Waals surface area contributed by atoms with E-state index in [0.717, 1.165) is 33.4 Å². The molecule has 86 heavy (non-hydrogen) atoms. The second kappa shape index (κ2) is 38.3. The van der Waals surface area contributed by atoms with Crippen LogP contribution >= 0.6 is 7.82 Å². The van der Waals surface area contributed by atoms with Gasteiger partial charge in [0.15, 0.2) is 0 Å². The summed E-state index contributed by atoms with van der Waals surface area (Å²) in [4.78, 5) is 12.2. The number of hydrogen-bond donors (Lipinski definition) is 2. The first-order chi connectivity index (χ1) is 42.2. The van der Waals surface area contributed by atoms with Crippen molar-refractivity contribution in [3.8, 4) is 6.07 Å². The molecule has 0 spiro atoms. The molecular weight excluding hydrogens is 1120 g/mol. The van der Waals surface area contributed by atoms with E-state index in [1.807, 2.05) is 182 Å². The molecule has 6 aromatic rings. The summed E-state index contributed by atoms with van der Waals surface area (Å²) in [6, 6.07) is 59.6. The molecule has 2 aliphatic heterocycles. The number of carbonyl (C=O) groups is 1. The van der Waals surface area contributed by atoms with Crippen LogP contribution in [0.1, 0.15) is 79.3 Å². The Morgan fingerprint density at radius 3 is 1.21 bits per heavy atom. The van der Waals surface area contributed by atoms with Gasteiger partial charge in [-0.3, -0.25) is 18.4 Å². The fourth-order valence-corrected chi connectivity index (χ4v) is 10.9. The highest BCUT2D eigenvalue weighted by Gasteiger charge is 2.53. The van der Waals surface area contributed by atoms with Crippen LogP contribution in [0, 0.1) is 11.3 Å². The molecule has 17 nitrogen and oxygen atoms in total. The number of ether oxygens (including phenoxy) is 9. The van der Waals surface area contributed by atoms with Crippen molar-refractivity contribution >= 4 is 13.7 Å². The fraction of sp³-hybridized carbons (Fsp3) is 0.441. The summed E-state index contributed by atoms with van der Waals surface area (Å²) in [6.45, 7) is 4.51. The Labute approximate surface area is 507 Å². The molecule has 0 radical (unpaired) electrons. The summed E-state index contributed by atoms with van der Waals surface area (Å²) < 4.78 is 94.8. The van der Waals surface area contributed by atoms with Crippen LogP contribution in [0.4, 0.5) is 0 Å². The molecule has 0 saturated carbocycles. The van der Waals surface area contributed by atoms with Crippen LogP contribution in [0.25, 0.3) is 0 Å². The van der Waals surface area contributed by atoms with Gasteiger partial charge in [0, 0.05) is 20.1 Å². The summed E-state index contributed by atoms with van der Waals surface area (Å²) in [5.74, 6) is -0.124. The highest BCUT2D eigenvalue weighted by molar-refractivity contribution is 7.48. The molecule has 0 aliphatic carbocycles. The predicted octanol–water partition coefficient (Wildman–Crippen LogP) is 11.4. The second-order valence-corrected chi connectivity index (χ2v) is 22.5. The summed E-state index contributed by atoms with van der Waals surface area (Å²) >= 11 is 0. The molecule has 7 unspecified atom stereocenters. The van der Waals surface area contributed by atoms with Crippen LogP contribution in [0.3, 0.4) is 0 Å². The van der Waals surface area contributed by atoms with Crippen molar-refractivity contribution in [2.45, 2.75) is 147 Å². The van der Waals surface area contributed by atoms with E-state index in [4.69, 9.17) is 56.2 Å². The van der Waals surface area contributed by atoms with Gasteiger partial charge in [0.05, 0.1) is 85.2 Å². The number of amides is 1. The van der Waals surface area contributed by atoms with Crippen molar-refractivity contribution in [2.24, 2.45) is 0 Å². The quantitative estimate of drug-likeness (QED) is 0.0281. The first kappa shape index (κ1) is 67.5. The van der Waals surface area contributed by atoms with E-state index in [0.29, 0.717) is 6.42 Å². The lowest BCUT2D eigenvalue weighted by atomic mass is 9.94. The summed E-state index contributed by atoms with van der Waals surface area (Å²) in [5.41, 5.74) is 5.23. The Balaban J connectivity index is 0.00000256. The van der Waals surface area contributed by atoms with Gasteiger partial charge in [-0.25, -0.2) is 4.57 Å². The van der Waals surface area contributed by atoms with E-state index in [2.05, 4.69) is 25.2 Å². The summed E-state index contributed by atoms with van der Waals surface area (Å²) in [5, 5.41) is 25.0. The Kier molecular flexibility index (Phi) is 30.1. The third-order valence-corrected chi connectivity index (χ3v) is 15.7. The predicted molar refractivity (Wildman–Crippen MR) is 325 cm³/mol. The van der Waals surface area contributed by atoms with E-state index in [9.17, 15) is 15.2 Å². The molecule has 0 aromatic heterocycles. The minimum Gasteiger partial charge on any atom is -0.387 e. The van der Waals surface area contributed by atoms with E-state index >= 15 is 4.57 Å². The number of rotatable bonds is 35. The Morgan fingerprint density at radius 2 is 0.837 bits per heavy atom. The zero-order valence-electron chi connectivity index (χ0n) is 49.7. The van der Waals surface area contributed by atoms with Gasteiger partial charge in [0.1, 0.15) is 61.0 Å². The number of nitrogens with one attached hydrogen (secondary N) is 1. The van der Waals surface area contributed by atoms with Gasteiger partial charge < -0.3 is 53.1 Å². The Hall–Kier alpha value is -6.01. The standard InChI is InChI=1S/C64H75N2O15P.C4H10/c1-66-58(67)34-20-36-70-44-55-62(75-42-52-30-16-6-17-31-52)64(63(76-43-53-32-18-7-19-33-53)56(80-55)46-72-39-49-24-10-3-11-25-49)81-82(69,77-37-21-35-65)78-47-57-61(74-41-51-28-14-5-15-29-51)59(68)60(73-40-50-26-12-4-13-27-50)54(79-57)45-71-38-48-22-8-2-9-23-48;1-3-4-2/h2-19,22-33,54-57,59-64,68H,20-21,34,36-47H2,1H3,(H,66,67);3-4H2,1-2H3/t54-,55+,56-,57+,59?,60?,61?,62?,63?,64?,82?;/m1./s1. The molecule has 1 amide bonds. The zero-order valence-corrected chi connectivity index (χ0v) is 50.6. The average Bonchev–Trinajstić information content (AvgIpc) is 1.69. The molecule has 18 heteroatoms. The van der Waals surface area contributed by atoms with Gasteiger partial charge in [-0.15, -0.1) is 0 Å². The number of aliphatic hydroxyl groups excluding tert-OH is 1. The highest BCUT2D eigenvalue weighted by Crippen LogP contribution is 2.53. The van der Waals surface area contributed by atoms with Gasteiger partial charge >= 0.3 is 7.82 Å². The number of nitrogens with zero attached hydrogens (tertiary/aromatic N) is 1. The number of benzene rings is 6. The molecule has 8 rings (SSSR count). The molecule has 2 aliphatic rings. The molecule has 2 heterocycles. The Bertz CT molecular complexity index is 2840. The number of phosphoric ester groups is 1. The molecule has 11 atom stereocenters. The molecule has 2 saturated heterocycles. The van der Waals surface area contributed by atoms with Crippen molar-refractivity contribution in [3.05, 3.63) is 215 Å². The largest absolute Gasteiger partial charge is 0.475 e. The van der Waals surface area contributed by atoms with Crippen molar-refractivity contribution < 1.29 is 70.7 Å². The summed E-state index contributed by atoms with van der Waals surface area (Å²) in [7, 11) is -3.29. The Morgan fingerprint density at radius 1 is 0.488 bits per heavy atom. The third kappa shape index (κ3) is 22.9. The minimum atomic E-state index is -4.87. The number of hydrogen-bond acceptors (Lipinski definition) is 16. The smallest absolute Gasteiger partial charge is 0.387 e. The molecule has 6 aromatic carbocycles. The SMILES string of the molecule is CCCC.CNC(=O)CCCOC[C@@H]1O[C@H](COCc2ccccc2)C(OCc2ccccc2)C(OP(=O)(OCCC#N)OC[C@@H]2O[C@H](COCc3ccccc3)C(OCc3ccccc3)C(O)C2OCc2ccccc2)C1OCc1ccccc1. The van der Waals surface area contributed by atoms with Crippen molar-refractivity contribution in [1.29, 1.82) is 5.26 Å². The summed E-state index contributed by atoms with van der Waals surface area (Å²) in [6.07, 6.45) is -7.51. The normalized spacial score (nSPS) is 22.6. The van der Waals surface area contributed by atoms with E-state index in [-0.39, 0.29) is 91.4 Å². The maximum Gasteiger partial charge on any atom is 0.475 e. The lowest BCUT2D eigenvalue weighted by Gasteiger charge is -2.47. The lowest BCUT2D eigenvalue weighted by Crippen LogP contribution is -2.62. The molecular formula is C68H85N2O15P. The third-order valence-electron chi connectivity index (χ3n) is 14.3. The van der Waals surface area contributed by atoms with Crippen LogP contribution in [-0.2, 0) is 105 Å². The monoisotopic (exact) mass is 1200 g/mol. The van der Waals surface area contributed by atoms with Crippen LogP contribution in [0.15, 0.2) is 182 Å². The topological polar surface area (TPSA) is 201 Å². The van der Waals surface area contributed by atoms with Crippen molar-refractivity contribution in [3.63, 3.8) is 0 Å². The lowest BCUT2D eigenvalue weighted by molar-refractivity contribution is -0.269. The van der Waals surface area contributed by atoms with Crippen LogP contribution in [0.2, 0.25) is 0 Å². The first-order valence-corrected chi connectivity index (χ1v) is 31.2. The average molecular weight is 1200 g/mol. The van der Waals surface area contributed by atoms with Gasteiger partial charge in [0.2, 0.25) is 5.91 Å². The first-order valence-electron chi connectivity index (χ1n) is 29.8. The maximum atomic E-state index is 15.9. The van der Waals surface area contributed by atoms with Gasteiger partial charge in [0.25, 0.3) is 0 Å². The molecule has 2 fully saturated rings. The van der Waals surface area contributed by atoms with Crippen molar-refractivity contribution in [1.82, 2.24) is 5.32 Å². The van der Waals surface area contributed by atoms with E-state index in [1.165, 1.54) is 12.8 Å². The van der Waals surface area contributed by atoms with E-state index < -0.39 is 75.5 Å². The molecule has 0 bridgehead atoms. The minimum absolute atomic E-state index is 0.00786. The van der Waals surface area contributed by atoms with Crippen LogP contribution < -0.4 is 5.32 Å². The van der Waals surface area contributed by atoms with E-state index in [1.54, 1.807) is 7.05 Å². The maximum absolute atomic E-state index is 15.9. The zero-order chi connectivity index (χ0) is 60.4. The van der Waals surface area contributed by atoms with Crippen LogP contribution in [0.5, 0.6) is 0 Å². The fourth-order valence-electron chi connectivity index (χ4n) is 9.54. The number of unbranched alkanes of at least 4 members (excludes halogenated alkanes) is 1.